The summed E-state index contributed by atoms with van der Waals surface area (Å²) in [6.07, 6.45) is 5.76. The molecule has 1 saturated heterocycles. The van der Waals surface area contributed by atoms with Gasteiger partial charge in [-0.15, -0.1) is 0 Å². The lowest BCUT2D eigenvalue weighted by Crippen LogP contribution is -2.52. The molecule has 0 aromatic carbocycles. The van der Waals surface area contributed by atoms with E-state index in [-0.39, 0.29) is 12.1 Å². The third-order valence-corrected chi connectivity index (χ3v) is 5.62. The van der Waals surface area contributed by atoms with E-state index in [0.29, 0.717) is 17.6 Å². The molecule has 31 heavy (non-hydrogen) atoms. The number of aliphatic imine (C=N–C) groups is 1. The Morgan fingerprint density at radius 3 is 2.55 bits per heavy atom. The summed E-state index contributed by atoms with van der Waals surface area (Å²) < 4.78 is 10.9. The largest absolute Gasteiger partial charge is 0.444 e. The van der Waals surface area contributed by atoms with Crippen LogP contribution in [0.4, 0.5) is 4.79 Å². The number of piperidine rings is 1. The SMILES string of the molecule is CN=C(NCCCc1nc(C)no1)N1CCC(N(CC2CC2)C(=O)OC(C)(C)C)CC1. The lowest BCUT2D eigenvalue weighted by Gasteiger charge is -2.40. The van der Waals surface area contributed by atoms with Gasteiger partial charge in [-0.25, -0.2) is 4.79 Å². The molecule has 1 aliphatic heterocycles. The number of aromatic nitrogens is 2. The third kappa shape index (κ3) is 7.40. The summed E-state index contributed by atoms with van der Waals surface area (Å²) in [6.45, 7) is 11.0. The molecule has 2 fully saturated rings. The number of aryl methyl sites for hydroxylation is 2. The van der Waals surface area contributed by atoms with Crippen molar-refractivity contribution in [2.24, 2.45) is 10.9 Å². The van der Waals surface area contributed by atoms with Crippen LogP contribution in [0.25, 0.3) is 0 Å². The first kappa shape index (κ1) is 23.3. The van der Waals surface area contributed by atoms with Gasteiger partial charge in [0.15, 0.2) is 11.8 Å². The minimum atomic E-state index is -0.467. The van der Waals surface area contributed by atoms with Gasteiger partial charge in [0.1, 0.15) is 5.60 Å². The number of carbonyl (C=O) groups excluding carboxylic acids is 1. The highest BCUT2D eigenvalue weighted by molar-refractivity contribution is 5.80. The number of nitrogens with zero attached hydrogens (tertiary/aromatic N) is 5. The molecule has 9 nitrogen and oxygen atoms in total. The van der Waals surface area contributed by atoms with Crippen LogP contribution < -0.4 is 5.32 Å². The van der Waals surface area contributed by atoms with Crippen molar-refractivity contribution in [1.29, 1.82) is 0 Å². The molecule has 174 valence electrons. The van der Waals surface area contributed by atoms with E-state index in [0.717, 1.165) is 57.8 Å². The van der Waals surface area contributed by atoms with Crippen molar-refractivity contribution >= 4 is 12.1 Å². The fourth-order valence-electron chi connectivity index (χ4n) is 3.87. The van der Waals surface area contributed by atoms with Gasteiger partial charge in [-0.1, -0.05) is 5.16 Å². The zero-order valence-corrected chi connectivity index (χ0v) is 19.7. The maximum atomic E-state index is 12.8. The Balaban J connectivity index is 1.45. The molecule has 0 bridgehead atoms. The lowest BCUT2D eigenvalue weighted by molar-refractivity contribution is 0.00928. The van der Waals surface area contributed by atoms with Crippen molar-refractivity contribution in [3.63, 3.8) is 0 Å². The first-order valence-electron chi connectivity index (χ1n) is 11.5. The lowest BCUT2D eigenvalue weighted by atomic mass is 10.0. The average Bonchev–Trinajstić information content (AvgIpc) is 3.44. The van der Waals surface area contributed by atoms with E-state index in [1.165, 1.54) is 12.8 Å². The van der Waals surface area contributed by atoms with Crippen molar-refractivity contribution in [2.75, 3.05) is 33.2 Å². The molecule has 1 N–H and O–H groups in total. The zero-order chi connectivity index (χ0) is 22.4. The summed E-state index contributed by atoms with van der Waals surface area (Å²) in [4.78, 5) is 25.8. The molecule has 0 spiro atoms. The second-order valence-corrected chi connectivity index (χ2v) is 9.61. The van der Waals surface area contributed by atoms with Gasteiger partial charge in [0.25, 0.3) is 0 Å². The summed E-state index contributed by atoms with van der Waals surface area (Å²) in [6, 6.07) is 0.227. The normalized spacial score (nSPS) is 18.2. The fraction of sp³-hybridized carbons (Fsp3) is 0.818. The smallest absolute Gasteiger partial charge is 0.410 e. The van der Waals surface area contributed by atoms with E-state index in [2.05, 4.69) is 25.3 Å². The van der Waals surface area contributed by atoms with Crippen LogP contribution in [-0.4, -0.2) is 76.9 Å². The monoisotopic (exact) mass is 434 g/mol. The van der Waals surface area contributed by atoms with Crippen LogP contribution in [0.1, 0.15) is 64.6 Å². The van der Waals surface area contributed by atoms with Crippen LogP contribution in [0.15, 0.2) is 9.52 Å². The van der Waals surface area contributed by atoms with Crippen molar-refractivity contribution in [1.82, 2.24) is 25.3 Å². The minimum absolute atomic E-state index is 0.170. The quantitative estimate of drug-likeness (QED) is 0.400. The highest BCUT2D eigenvalue weighted by atomic mass is 16.6. The number of hydrogen-bond acceptors (Lipinski definition) is 6. The number of hydrogen-bond donors (Lipinski definition) is 1. The number of nitrogens with one attached hydrogen (secondary N) is 1. The summed E-state index contributed by atoms with van der Waals surface area (Å²) in [7, 11) is 1.82. The van der Waals surface area contributed by atoms with Gasteiger partial charge in [0.05, 0.1) is 0 Å². The van der Waals surface area contributed by atoms with Gasteiger partial charge in [0.2, 0.25) is 5.89 Å². The summed E-state index contributed by atoms with van der Waals surface area (Å²) in [5.74, 6) is 2.89. The van der Waals surface area contributed by atoms with Crippen molar-refractivity contribution in [3.05, 3.63) is 11.7 Å². The number of likely N-dealkylation sites (tertiary alicyclic amines) is 1. The molecule has 2 aliphatic rings. The predicted molar refractivity (Wildman–Crippen MR) is 119 cm³/mol. The molecular weight excluding hydrogens is 396 g/mol. The molecule has 3 rings (SSSR count). The van der Waals surface area contributed by atoms with Crippen molar-refractivity contribution in [2.45, 2.75) is 77.9 Å². The van der Waals surface area contributed by atoms with Gasteiger partial charge in [0, 0.05) is 45.7 Å². The number of amides is 1. The minimum Gasteiger partial charge on any atom is -0.444 e. The van der Waals surface area contributed by atoms with Crippen LogP contribution in [-0.2, 0) is 11.2 Å². The highest BCUT2D eigenvalue weighted by Gasteiger charge is 2.35. The second kappa shape index (κ2) is 10.3. The van der Waals surface area contributed by atoms with Gasteiger partial charge in [-0.3, -0.25) is 4.99 Å². The average molecular weight is 435 g/mol. The molecule has 9 heteroatoms. The Hall–Kier alpha value is -2.32. The molecule has 1 aliphatic carbocycles. The zero-order valence-electron chi connectivity index (χ0n) is 19.7. The van der Waals surface area contributed by atoms with E-state index >= 15 is 0 Å². The maximum absolute atomic E-state index is 12.8. The molecule has 1 aromatic rings. The van der Waals surface area contributed by atoms with Crippen molar-refractivity contribution in [3.8, 4) is 0 Å². The van der Waals surface area contributed by atoms with E-state index in [9.17, 15) is 4.79 Å². The maximum Gasteiger partial charge on any atom is 0.410 e. The van der Waals surface area contributed by atoms with Crippen molar-refractivity contribution < 1.29 is 14.1 Å². The van der Waals surface area contributed by atoms with Gasteiger partial charge in [-0.2, -0.15) is 4.98 Å². The summed E-state index contributed by atoms with van der Waals surface area (Å²) in [5, 5.41) is 7.26. The molecule has 1 aromatic heterocycles. The second-order valence-electron chi connectivity index (χ2n) is 9.61. The first-order valence-corrected chi connectivity index (χ1v) is 11.5. The van der Waals surface area contributed by atoms with E-state index in [1.807, 2.05) is 39.6 Å². The fourth-order valence-corrected chi connectivity index (χ4v) is 3.87. The van der Waals surface area contributed by atoms with Crippen LogP contribution >= 0.6 is 0 Å². The number of rotatable bonds is 7. The Morgan fingerprint density at radius 1 is 1.29 bits per heavy atom. The number of carbonyl (C=O) groups is 1. The molecule has 2 heterocycles. The van der Waals surface area contributed by atoms with E-state index in [4.69, 9.17) is 9.26 Å². The molecular formula is C22H38N6O3. The summed E-state index contributed by atoms with van der Waals surface area (Å²) >= 11 is 0. The predicted octanol–water partition coefficient (Wildman–Crippen LogP) is 3.00. The van der Waals surface area contributed by atoms with E-state index in [1.54, 1.807) is 0 Å². The molecule has 1 amide bonds. The Kier molecular flexibility index (Phi) is 7.78. The molecule has 0 radical (unpaired) electrons. The Morgan fingerprint density at radius 2 is 2.00 bits per heavy atom. The third-order valence-electron chi connectivity index (χ3n) is 5.62. The van der Waals surface area contributed by atoms with Crippen LogP contribution in [0, 0.1) is 12.8 Å². The highest BCUT2D eigenvalue weighted by Crippen LogP contribution is 2.32. The van der Waals surface area contributed by atoms with Crippen LogP contribution in [0.2, 0.25) is 0 Å². The number of ether oxygens (including phenoxy) is 1. The van der Waals surface area contributed by atoms with Gasteiger partial charge < -0.3 is 24.4 Å². The molecule has 0 unspecified atom stereocenters. The summed E-state index contributed by atoms with van der Waals surface area (Å²) in [5.41, 5.74) is -0.467. The van der Waals surface area contributed by atoms with Crippen LogP contribution in [0.5, 0.6) is 0 Å². The Bertz CT molecular complexity index is 745. The number of guanidine groups is 1. The van der Waals surface area contributed by atoms with Gasteiger partial charge in [-0.05, 0) is 65.7 Å². The van der Waals surface area contributed by atoms with Gasteiger partial charge >= 0.3 is 6.09 Å². The van der Waals surface area contributed by atoms with Crippen LogP contribution in [0.3, 0.4) is 0 Å². The topological polar surface area (TPSA) is 96.1 Å². The molecule has 0 atom stereocenters. The first-order chi connectivity index (χ1) is 14.7. The van der Waals surface area contributed by atoms with E-state index < -0.39 is 5.60 Å². The Labute approximate surface area is 185 Å². The standard InChI is InChI=1S/C22H38N6O3/c1-16-25-19(31-26-16)7-6-12-24-20(23-5)27-13-10-18(11-14-27)28(15-17-8-9-17)21(29)30-22(2,3)4/h17-18H,6-15H2,1-5H3,(H,23,24). The molecule has 1 saturated carbocycles.